The molecule has 0 heterocycles. The maximum atomic E-state index is 12.2. The fraction of sp³-hybridized carbons (Fsp3) is 0.250. The Morgan fingerprint density at radius 2 is 1.86 bits per heavy atom. The Kier molecular flexibility index (Phi) is 2.57. The van der Waals surface area contributed by atoms with Gasteiger partial charge in [-0.15, -0.1) is 0 Å². The van der Waals surface area contributed by atoms with Gasteiger partial charge in [0.15, 0.2) is 0 Å². The van der Waals surface area contributed by atoms with Gasteiger partial charge in [-0.3, -0.25) is 0 Å². The molecular formula is C8H9F3N2O. The van der Waals surface area contributed by atoms with Crippen LogP contribution < -0.4 is 11.5 Å². The minimum absolute atomic E-state index is 0.123. The highest BCUT2D eigenvalue weighted by Gasteiger charge is 2.39. The number of anilines is 1. The maximum Gasteiger partial charge on any atom is 0.407 e. The molecule has 0 amide bonds. The van der Waals surface area contributed by atoms with Crippen LogP contribution >= 0.6 is 0 Å². The van der Waals surface area contributed by atoms with E-state index in [0.717, 1.165) is 12.1 Å². The summed E-state index contributed by atoms with van der Waals surface area (Å²) in [4.78, 5) is 0. The number of phenols is 1. The lowest BCUT2D eigenvalue weighted by molar-refractivity contribution is -0.149. The standard InChI is InChI=1S/C8H9F3N2O/c9-8(10,11)7(13)5-3-4(12)1-2-6(5)14/h1-3,7,14H,12-13H2/t7-/m1/s1. The first-order valence-electron chi connectivity index (χ1n) is 3.73. The van der Waals surface area contributed by atoms with Crippen LogP contribution in [-0.2, 0) is 0 Å². The van der Waals surface area contributed by atoms with Crippen LogP contribution in [0.15, 0.2) is 18.2 Å². The molecule has 0 saturated carbocycles. The second-order valence-electron chi connectivity index (χ2n) is 2.84. The lowest BCUT2D eigenvalue weighted by Gasteiger charge is -2.17. The number of nitrogens with two attached hydrogens (primary N) is 2. The molecule has 14 heavy (non-hydrogen) atoms. The van der Waals surface area contributed by atoms with Gasteiger partial charge in [0.1, 0.15) is 11.8 Å². The van der Waals surface area contributed by atoms with Gasteiger partial charge < -0.3 is 16.6 Å². The maximum absolute atomic E-state index is 12.2. The molecule has 0 unspecified atom stereocenters. The number of hydrogen-bond acceptors (Lipinski definition) is 3. The summed E-state index contributed by atoms with van der Waals surface area (Å²) in [6, 6.07) is 1.16. The van der Waals surface area contributed by atoms with Crippen molar-refractivity contribution in [2.45, 2.75) is 12.2 Å². The molecule has 0 aliphatic rings. The zero-order valence-electron chi connectivity index (χ0n) is 7.05. The second kappa shape index (κ2) is 3.38. The largest absolute Gasteiger partial charge is 0.508 e. The quantitative estimate of drug-likeness (QED) is 0.482. The Morgan fingerprint density at radius 1 is 1.29 bits per heavy atom. The van der Waals surface area contributed by atoms with Crippen molar-refractivity contribution in [3.05, 3.63) is 23.8 Å². The highest BCUT2D eigenvalue weighted by molar-refractivity contribution is 5.48. The summed E-state index contributed by atoms with van der Waals surface area (Å²) in [6.07, 6.45) is -4.59. The number of benzene rings is 1. The molecule has 1 aromatic carbocycles. The van der Waals surface area contributed by atoms with Crippen LogP contribution in [0.1, 0.15) is 11.6 Å². The molecule has 0 spiro atoms. The smallest absolute Gasteiger partial charge is 0.407 e. The van der Waals surface area contributed by atoms with Gasteiger partial charge in [-0.2, -0.15) is 13.2 Å². The molecule has 0 aliphatic carbocycles. The zero-order valence-corrected chi connectivity index (χ0v) is 7.05. The van der Waals surface area contributed by atoms with E-state index in [9.17, 15) is 13.2 Å². The molecule has 0 bridgehead atoms. The summed E-state index contributed by atoms with van der Waals surface area (Å²) in [5.74, 6) is -0.510. The predicted molar refractivity (Wildman–Crippen MR) is 45.5 cm³/mol. The molecule has 0 aromatic heterocycles. The molecule has 78 valence electrons. The van der Waals surface area contributed by atoms with Gasteiger partial charge in [0.25, 0.3) is 0 Å². The van der Waals surface area contributed by atoms with Crippen molar-refractivity contribution in [1.29, 1.82) is 0 Å². The van der Waals surface area contributed by atoms with Gasteiger partial charge in [-0.25, -0.2) is 0 Å². The molecule has 0 saturated heterocycles. The molecule has 0 fully saturated rings. The van der Waals surface area contributed by atoms with Gasteiger partial charge >= 0.3 is 6.18 Å². The Balaban J connectivity index is 3.12. The fourth-order valence-electron chi connectivity index (χ4n) is 0.998. The number of nitrogen functional groups attached to an aromatic ring is 1. The summed E-state index contributed by atoms with van der Waals surface area (Å²) in [6.45, 7) is 0. The van der Waals surface area contributed by atoms with Crippen LogP contribution in [-0.4, -0.2) is 11.3 Å². The van der Waals surface area contributed by atoms with Crippen molar-refractivity contribution in [1.82, 2.24) is 0 Å². The fourth-order valence-corrected chi connectivity index (χ4v) is 0.998. The number of phenolic OH excluding ortho intramolecular Hbond substituents is 1. The van der Waals surface area contributed by atoms with E-state index in [0.29, 0.717) is 0 Å². The SMILES string of the molecule is Nc1ccc(O)c([C@@H](N)C(F)(F)F)c1. The third kappa shape index (κ3) is 2.08. The average Bonchev–Trinajstić information content (AvgIpc) is 2.06. The number of halogens is 3. The number of aromatic hydroxyl groups is 1. The van der Waals surface area contributed by atoms with Crippen LogP contribution in [0.25, 0.3) is 0 Å². The molecule has 1 atom stereocenters. The number of rotatable bonds is 1. The lowest BCUT2D eigenvalue weighted by atomic mass is 10.1. The van der Waals surface area contributed by atoms with Gasteiger partial charge in [-0.1, -0.05) is 0 Å². The van der Waals surface area contributed by atoms with Crippen LogP contribution in [0.2, 0.25) is 0 Å². The molecule has 3 nitrogen and oxygen atoms in total. The minimum atomic E-state index is -4.59. The normalized spacial score (nSPS) is 14.0. The number of alkyl halides is 3. The summed E-state index contributed by atoms with van der Waals surface area (Å²) in [5.41, 5.74) is 9.88. The Labute approximate surface area is 78.1 Å². The van der Waals surface area contributed by atoms with E-state index in [4.69, 9.17) is 16.6 Å². The van der Waals surface area contributed by atoms with Gasteiger partial charge in [-0.05, 0) is 18.2 Å². The molecule has 1 aromatic rings. The van der Waals surface area contributed by atoms with Crippen LogP contribution in [0.3, 0.4) is 0 Å². The number of hydrogen-bond donors (Lipinski definition) is 3. The minimum Gasteiger partial charge on any atom is -0.508 e. The third-order valence-electron chi connectivity index (χ3n) is 1.74. The highest BCUT2D eigenvalue weighted by Crippen LogP contribution is 2.35. The van der Waals surface area contributed by atoms with Crippen molar-refractivity contribution in [2.24, 2.45) is 5.73 Å². The highest BCUT2D eigenvalue weighted by atomic mass is 19.4. The van der Waals surface area contributed by atoms with E-state index in [1.165, 1.54) is 6.07 Å². The molecule has 5 N–H and O–H groups in total. The summed E-state index contributed by atoms with van der Waals surface area (Å²) >= 11 is 0. The first-order valence-corrected chi connectivity index (χ1v) is 3.73. The van der Waals surface area contributed by atoms with Crippen molar-refractivity contribution in [3.63, 3.8) is 0 Å². The van der Waals surface area contributed by atoms with Crippen molar-refractivity contribution >= 4 is 5.69 Å². The van der Waals surface area contributed by atoms with E-state index >= 15 is 0 Å². The predicted octanol–water partition coefficient (Wildman–Crippen LogP) is 1.54. The zero-order chi connectivity index (χ0) is 10.9. The summed E-state index contributed by atoms with van der Waals surface area (Å²) < 4.78 is 36.5. The molecule has 1 rings (SSSR count). The first kappa shape index (κ1) is 10.6. The van der Waals surface area contributed by atoms with E-state index < -0.39 is 23.5 Å². The first-order chi connectivity index (χ1) is 6.32. The van der Waals surface area contributed by atoms with Crippen molar-refractivity contribution < 1.29 is 18.3 Å². The Hall–Kier alpha value is -1.43. The molecule has 0 radical (unpaired) electrons. The average molecular weight is 206 g/mol. The third-order valence-corrected chi connectivity index (χ3v) is 1.74. The van der Waals surface area contributed by atoms with Crippen molar-refractivity contribution in [3.8, 4) is 5.75 Å². The molecular weight excluding hydrogens is 197 g/mol. The van der Waals surface area contributed by atoms with E-state index in [1.807, 2.05) is 0 Å². The molecule has 0 aliphatic heterocycles. The summed E-state index contributed by atoms with van der Waals surface area (Å²) in [7, 11) is 0. The molecule has 6 heteroatoms. The van der Waals surface area contributed by atoms with E-state index in [-0.39, 0.29) is 5.69 Å². The van der Waals surface area contributed by atoms with Crippen LogP contribution in [0.5, 0.6) is 5.75 Å². The Bertz CT molecular complexity index is 338. The topological polar surface area (TPSA) is 72.3 Å². The Morgan fingerprint density at radius 3 is 2.36 bits per heavy atom. The monoisotopic (exact) mass is 206 g/mol. The van der Waals surface area contributed by atoms with E-state index in [1.54, 1.807) is 0 Å². The van der Waals surface area contributed by atoms with Crippen molar-refractivity contribution in [2.75, 3.05) is 5.73 Å². The van der Waals surface area contributed by atoms with E-state index in [2.05, 4.69) is 0 Å². The van der Waals surface area contributed by atoms with Gasteiger partial charge in [0, 0.05) is 11.3 Å². The van der Waals surface area contributed by atoms with Gasteiger partial charge in [0.05, 0.1) is 0 Å². The van der Waals surface area contributed by atoms with Gasteiger partial charge in [0.2, 0.25) is 0 Å². The van der Waals surface area contributed by atoms with Crippen LogP contribution in [0.4, 0.5) is 18.9 Å². The lowest BCUT2D eigenvalue weighted by Crippen LogP contribution is -2.28. The summed E-state index contributed by atoms with van der Waals surface area (Å²) in [5, 5.41) is 9.13. The van der Waals surface area contributed by atoms with Crippen LogP contribution in [0, 0.1) is 0 Å². The second-order valence-corrected chi connectivity index (χ2v) is 2.84.